The van der Waals surface area contributed by atoms with Crippen LogP contribution >= 0.6 is 0 Å². The molecule has 1 aromatic rings. The van der Waals surface area contributed by atoms with Crippen LogP contribution < -0.4 is 11.3 Å². The van der Waals surface area contributed by atoms with E-state index in [0.717, 1.165) is 31.7 Å². The van der Waals surface area contributed by atoms with Crippen molar-refractivity contribution in [3.63, 3.8) is 0 Å². The maximum atomic E-state index is 11.9. The van der Waals surface area contributed by atoms with Gasteiger partial charge in [0.2, 0.25) is 0 Å². The molecule has 0 fully saturated rings. The number of likely N-dealkylation sites (N-methyl/N-ethyl adjacent to an activating group) is 1. The molecule has 0 unspecified atom stereocenters. The maximum absolute atomic E-state index is 11.9. The standard InChI is InChI=1S/C13H21N3O/c1-4-16-6-5-11-9(8-16)7-10(12(17)15-11)13(2,3)14/h7H,4-6,8,14H2,1-3H3,(H,15,17). The van der Waals surface area contributed by atoms with Crippen LogP contribution in [0.4, 0.5) is 0 Å². The highest BCUT2D eigenvalue weighted by atomic mass is 16.1. The van der Waals surface area contributed by atoms with Crippen LogP contribution in [0.15, 0.2) is 10.9 Å². The molecule has 17 heavy (non-hydrogen) atoms. The Hall–Kier alpha value is -1.13. The molecular formula is C13H21N3O. The highest BCUT2D eigenvalue weighted by Gasteiger charge is 2.23. The number of aromatic amines is 1. The van der Waals surface area contributed by atoms with E-state index in [0.29, 0.717) is 5.56 Å². The summed E-state index contributed by atoms with van der Waals surface area (Å²) >= 11 is 0. The Morgan fingerprint density at radius 3 is 2.82 bits per heavy atom. The van der Waals surface area contributed by atoms with Gasteiger partial charge < -0.3 is 10.7 Å². The molecule has 0 aliphatic carbocycles. The number of hydrogen-bond acceptors (Lipinski definition) is 3. The van der Waals surface area contributed by atoms with Crippen LogP contribution in [0.25, 0.3) is 0 Å². The van der Waals surface area contributed by atoms with Crippen molar-refractivity contribution < 1.29 is 0 Å². The minimum Gasteiger partial charge on any atom is -0.326 e. The Kier molecular flexibility index (Phi) is 3.10. The summed E-state index contributed by atoms with van der Waals surface area (Å²) in [6, 6.07) is 1.98. The average molecular weight is 235 g/mol. The molecule has 94 valence electrons. The van der Waals surface area contributed by atoms with E-state index in [2.05, 4.69) is 16.8 Å². The Bertz CT molecular complexity index is 471. The Balaban J connectivity index is 2.45. The van der Waals surface area contributed by atoms with Crippen LogP contribution in [-0.2, 0) is 18.5 Å². The predicted molar refractivity (Wildman–Crippen MR) is 68.9 cm³/mol. The van der Waals surface area contributed by atoms with Gasteiger partial charge in [-0.15, -0.1) is 0 Å². The molecule has 0 spiro atoms. The molecule has 0 saturated heterocycles. The summed E-state index contributed by atoms with van der Waals surface area (Å²) < 4.78 is 0. The van der Waals surface area contributed by atoms with Gasteiger partial charge in [-0.1, -0.05) is 6.92 Å². The second kappa shape index (κ2) is 4.27. The van der Waals surface area contributed by atoms with Gasteiger partial charge in [0, 0.05) is 36.3 Å². The molecule has 3 N–H and O–H groups in total. The van der Waals surface area contributed by atoms with E-state index in [1.54, 1.807) is 0 Å². The SMILES string of the molecule is CCN1CCc2[nH]c(=O)c(C(C)(C)N)cc2C1. The van der Waals surface area contributed by atoms with Crippen molar-refractivity contribution >= 4 is 0 Å². The zero-order valence-electron chi connectivity index (χ0n) is 10.8. The van der Waals surface area contributed by atoms with Crippen molar-refractivity contribution in [2.45, 2.75) is 39.3 Å². The highest BCUT2D eigenvalue weighted by molar-refractivity contribution is 5.30. The summed E-state index contributed by atoms with van der Waals surface area (Å²) in [5.74, 6) is 0. The summed E-state index contributed by atoms with van der Waals surface area (Å²) in [6.45, 7) is 8.86. The van der Waals surface area contributed by atoms with Crippen LogP contribution in [-0.4, -0.2) is 23.0 Å². The minimum atomic E-state index is -0.586. The van der Waals surface area contributed by atoms with Crippen molar-refractivity contribution in [1.82, 2.24) is 9.88 Å². The van der Waals surface area contributed by atoms with E-state index in [1.807, 2.05) is 19.9 Å². The largest absolute Gasteiger partial charge is 0.326 e. The topological polar surface area (TPSA) is 62.1 Å². The van der Waals surface area contributed by atoms with Gasteiger partial charge in [0.15, 0.2) is 0 Å². The number of nitrogens with zero attached hydrogens (tertiary/aromatic N) is 1. The number of nitrogens with one attached hydrogen (secondary N) is 1. The molecule has 0 bridgehead atoms. The van der Waals surface area contributed by atoms with Gasteiger partial charge in [-0.25, -0.2) is 0 Å². The van der Waals surface area contributed by atoms with Crippen molar-refractivity contribution in [2.24, 2.45) is 5.73 Å². The third kappa shape index (κ3) is 2.42. The number of nitrogens with two attached hydrogens (primary N) is 1. The highest BCUT2D eigenvalue weighted by Crippen LogP contribution is 2.20. The lowest BCUT2D eigenvalue weighted by Crippen LogP contribution is -2.38. The fraction of sp³-hybridized carbons (Fsp3) is 0.615. The Morgan fingerprint density at radius 2 is 2.24 bits per heavy atom. The maximum Gasteiger partial charge on any atom is 0.253 e. The van der Waals surface area contributed by atoms with Crippen molar-refractivity contribution in [3.05, 3.63) is 33.2 Å². The molecule has 1 aliphatic heterocycles. The van der Waals surface area contributed by atoms with Gasteiger partial charge >= 0.3 is 0 Å². The molecular weight excluding hydrogens is 214 g/mol. The first-order valence-electron chi connectivity index (χ1n) is 6.18. The van der Waals surface area contributed by atoms with Crippen LogP contribution in [0.5, 0.6) is 0 Å². The summed E-state index contributed by atoms with van der Waals surface area (Å²) in [6.07, 6.45) is 0.920. The molecule has 4 nitrogen and oxygen atoms in total. The van der Waals surface area contributed by atoms with Crippen LogP contribution in [0.3, 0.4) is 0 Å². The number of H-pyrrole nitrogens is 1. The molecule has 0 aromatic carbocycles. The van der Waals surface area contributed by atoms with E-state index in [4.69, 9.17) is 5.73 Å². The van der Waals surface area contributed by atoms with E-state index < -0.39 is 5.54 Å². The van der Waals surface area contributed by atoms with Gasteiger partial charge in [0.1, 0.15) is 0 Å². The Morgan fingerprint density at radius 1 is 1.53 bits per heavy atom. The van der Waals surface area contributed by atoms with E-state index in [-0.39, 0.29) is 5.56 Å². The fourth-order valence-electron chi connectivity index (χ4n) is 2.31. The molecule has 0 saturated carbocycles. The van der Waals surface area contributed by atoms with Crippen LogP contribution in [0.2, 0.25) is 0 Å². The average Bonchev–Trinajstić information content (AvgIpc) is 2.26. The van der Waals surface area contributed by atoms with Gasteiger partial charge in [0.25, 0.3) is 5.56 Å². The third-order valence-electron chi connectivity index (χ3n) is 3.43. The van der Waals surface area contributed by atoms with Crippen LogP contribution in [0, 0.1) is 0 Å². The molecule has 4 heteroatoms. The first-order valence-corrected chi connectivity index (χ1v) is 6.18. The summed E-state index contributed by atoms with van der Waals surface area (Å²) in [5, 5.41) is 0. The van der Waals surface area contributed by atoms with Gasteiger partial charge in [-0.2, -0.15) is 0 Å². The monoisotopic (exact) mass is 235 g/mol. The predicted octanol–water partition coefficient (Wildman–Crippen LogP) is 0.947. The smallest absolute Gasteiger partial charge is 0.253 e. The summed E-state index contributed by atoms with van der Waals surface area (Å²) in [7, 11) is 0. The van der Waals surface area contributed by atoms with E-state index >= 15 is 0 Å². The lowest BCUT2D eigenvalue weighted by Gasteiger charge is -2.29. The van der Waals surface area contributed by atoms with Gasteiger partial charge in [0.05, 0.1) is 0 Å². The molecule has 0 radical (unpaired) electrons. The van der Waals surface area contributed by atoms with E-state index in [9.17, 15) is 4.79 Å². The summed E-state index contributed by atoms with van der Waals surface area (Å²) in [4.78, 5) is 17.3. The molecule has 0 atom stereocenters. The Labute approximate surface area is 102 Å². The second-order valence-electron chi connectivity index (χ2n) is 5.36. The first-order chi connectivity index (χ1) is 7.91. The number of rotatable bonds is 2. The zero-order chi connectivity index (χ0) is 12.6. The second-order valence-corrected chi connectivity index (χ2v) is 5.36. The molecule has 1 aliphatic rings. The molecule has 0 amide bonds. The van der Waals surface area contributed by atoms with Crippen LogP contribution in [0.1, 0.15) is 37.6 Å². The zero-order valence-corrected chi connectivity index (χ0v) is 10.8. The summed E-state index contributed by atoms with van der Waals surface area (Å²) in [5.41, 5.74) is 8.36. The number of fused-ring (bicyclic) bond motifs is 1. The lowest BCUT2D eigenvalue weighted by molar-refractivity contribution is 0.265. The third-order valence-corrected chi connectivity index (χ3v) is 3.43. The molecule has 2 heterocycles. The van der Waals surface area contributed by atoms with Crippen molar-refractivity contribution in [1.29, 1.82) is 0 Å². The molecule has 2 rings (SSSR count). The fourth-order valence-corrected chi connectivity index (χ4v) is 2.31. The van der Waals surface area contributed by atoms with Gasteiger partial charge in [-0.05, 0) is 32.0 Å². The number of pyridine rings is 1. The molecule has 1 aromatic heterocycles. The quantitative estimate of drug-likeness (QED) is 0.802. The van der Waals surface area contributed by atoms with Crippen molar-refractivity contribution in [3.8, 4) is 0 Å². The first kappa shape index (κ1) is 12.3. The lowest BCUT2D eigenvalue weighted by atomic mass is 9.93. The minimum absolute atomic E-state index is 0.0406. The number of aromatic nitrogens is 1. The number of hydrogen-bond donors (Lipinski definition) is 2. The normalized spacial score (nSPS) is 16.9. The van der Waals surface area contributed by atoms with Crippen molar-refractivity contribution in [2.75, 3.05) is 13.1 Å². The van der Waals surface area contributed by atoms with Gasteiger partial charge in [-0.3, -0.25) is 9.69 Å². The van der Waals surface area contributed by atoms with E-state index in [1.165, 1.54) is 5.56 Å².